The molecule has 2 heterocycles. The highest BCUT2D eigenvalue weighted by Gasteiger charge is 2.30. The molecule has 1 aliphatic carbocycles. The first-order valence-electron chi connectivity index (χ1n) is 13.1. The second-order valence-electron chi connectivity index (χ2n) is 9.95. The van der Waals surface area contributed by atoms with Gasteiger partial charge in [-0.2, -0.15) is 0 Å². The summed E-state index contributed by atoms with van der Waals surface area (Å²) in [5, 5.41) is 7.05. The van der Waals surface area contributed by atoms with Gasteiger partial charge < -0.3 is 15.4 Å². The molecule has 38 heavy (non-hydrogen) atoms. The van der Waals surface area contributed by atoms with Crippen molar-refractivity contribution in [1.29, 1.82) is 0 Å². The van der Waals surface area contributed by atoms with Gasteiger partial charge in [-0.1, -0.05) is 66.2 Å². The fourth-order valence-corrected chi connectivity index (χ4v) is 6.07. The van der Waals surface area contributed by atoms with E-state index >= 15 is 0 Å². The van der Waals surface area contributed by atoms with E-state index in [2.05, 4.69) is 34.9 Å². The van der Waals surface area contributed by atoms with Crippen LogP contribution in [-0.4, -0.2) is 35.3 Å². The monoisotopic (exact) mass is 528 g/mol. The Kier molecular flexibility index (Phi) is 6.64. The minimum atomic E-state index is -0.545. The van der Waals surface area contributed by atoms with Crippen molar-refractivity contribution in [3.05, 3.63) is 99.1 Å². The first-order chi connectivity index (χ1) is 18.5. The number of carbonyl (C=O) groups is 1. The van der Waals surface area contributed by atoms with E-state index in [1.807, 2.05) is 31.2 Å². The number of nitrogens with one attached hydrogen (secondary N) is 2. The predicted molar refractivity (Wildman–Crippen MR) is 149 cm³/mol. The number of alkyl carbamates (subject to hydrolysis) is 1. The Labute approximate surface area is 225 Å². The molecule has 1 atom stereocenters. The van der Waals surface area contributed by atoms with E-state index in [9.17, 15) is 9.59 Å². The van der Waals surface area contributed by atoms with Crippen LogP contribution in [0.4, 0.5) is 4.79 Å². The zero-order valence-corrected chi connectivity index (χ0v) is 21.9. The Balaban J connectivity index is 1.25. The molecule has 7 nitrogen and oxygen atoms in total. The third-order valence-corrected chi connectivity index (χ3v) is 7.96. The molecule has 0 bridgehead atoms. The van der Waals surface area contributed by atoms with E-state index in [0.29, 0.717) is 21.7 Å². The van der Waals surface area contributed by atoms with Gasteiger partial charge in [0.15, 0.2) is 0 Å². The second-order valence-corrected chi connectivity index (χ2v) is 10.4. The number of ether oxygens (including phenoxy) is 1. The van der Waals surface area contributed by atoms with E-state index in [-0.39, 0.29) is 24.1 Å². The van der Waals surface area contributed by atoms with Crippen LogP contribution in [0.1, 0.15) is 54.7 Å². The Morgan fingerprint density at radius 3 is 2.39 bits per heavy atom. The number of rotatable bonds is 5. The quantitative estimate of drug-likeness (QED) is 0.353. The Bertz CT molecular complexity index is 1530. The number of amides is 1. The highest BCUT2D eigenvalue weighted by atomic mass is 35.5. The normalized spacial score (nSPS) is 16.2. The lowest BCUT2D eigenvalue weighted by Gasteiger charge is -2.29. The molecule has 6 rings (SSSR count). The van der Waals surface area contributed by atoms with Gasteiger partial charge in [0, 0.05) is 12.0 Å². The topological polar surface area (TPSA) is 85.2 Å². The lowest BCUT2D eigenvalue weighted by atomic mass is 9.98. The summed E-state index contributed by atoms with van der Waals surface area (Å²) in [4.78, 5) is 31.5. The standard InChI is InChI=1S/C30H29ClN4O3/c1-18(28-34-26-12-6-11-25(31)27(26)29(36)35(28)19-13-15-32-16-14-19)33-30(37)38-17-24-22-9-4-2-7-20(22)21-8-3-5-10-23(21)24/h2-12,18-19,24,32H,13-17H2,1H3,(H,33,37)/t18-/m0/s1. The van der Waals surface area contributed by atoms with E-state index in [1.54, 1.807) is 22.8 Å². The van der Waals surface area contributed by atoms with Gasteiger partial charge in [0.1, 0.15) is 12.4 Å². The molecule has 1 aliphatic heterocycles. The van der Waals surface area contributed by atoms with Crippen LogP contribution in [-0.2, 0) is 4.74 Å². The number of benzene rings is 3. The van der Waals surface area contributed by atoms with Crippen LogP contribution >= 0.6 is 11.6 Å². The summed E-state index contributed by atoms with van der Waals surface area (Å²) < 4.78 is 7.48. The highest BCUT2D eigenvalue weighted by Crippen LogP contribution is 2.44. The van der Waals surface area contributed by atoms with E-state index in [4.69, 9.17) is 21.3 Å². The summed E-state index contributed by atoms with van der Waals surface area (Å²) in [5.74, 6) is 0.475. The minimum absolute atomic E-state index is 0.0290. The van der Waals surface area contributed by atoms with Gasteiger partial charge in [-0.05, 0) is 67.2 Å². The highest BCUT2D eigenvalue weighted by molar-refractivity contribution is 6.35. The Morgan fingerprint density at radius 2 is 1.71 bits per heavy atom. The van der Waals surface area contributed by atoms with E-state index in [1.165, 1.54) is 11.1 Å². The third kappa shape index (κ3) is 4.36. The zero-order chi connectivity index (χ0) is 26.2. The number of fused-ring (bicyclic) bond motifs is 4. The molecular weight excluding hydrogens is 500 g/mol. The number of halogens is 1. The maximum absolute atomic E-state index is 13.7. The summed E-state index contributed by atoms with van der Waals surface area (Å²) in [5.41, 5.74) is 5.00. The lowest BCUT2D eigenvalue weighted by Crippen LogP contribution is -2.39. The van der Waals surface area contributed by atoms with Crippen LogP contribution in [0, 0.1) is 0 Å². The molecule has 1 fully saturated rings. The van der Waals surface area contributed by atoms with Crippen molar-refractivity contribution in [2.45, 2.75) is 37.8 Å². The Morgan fingerprint density at radius 1 is 1.05 bits per heavy atom. The van der Waals surface area contributed by atoms with Crippen molar-refractivity contribution in [3.63, 3.8) is 0 Å². The maximum Gasteiger partial charge on any atom is 0.407 e. The second kappa shape index (κ2) is 10.2. The van der Waals surface area contributed by atoms with Crippen molar-refractivity contribution >= 4 is 28.6 Å². The number of piperidine rings is 1. The summed E-state index contributed by atoms with van der Waals surface area (Å²) in [6.07, 6.45) is 1.04. The Hall–Kier alpha value is -3.68. The van der Waals surface area contributed by atoms with Gasteiger partial charge in [0.2, 0.25) is 0 Å². The van der Waals surface area contributed by atoms with Gasteiger partial charge in [-0.25, -0.2) is 9.78 Å². The zero-order valence-electron chi connectivity index (χ0n) is 21.1. The maximum atomic E-state index is 13.7. The van der Waals surface area contributed by atoms with Gasteiger partial charge in [0.05, 0.1) is 22.0 Å². The van der Waals surface area contributed by atoms with Gasteiger partial charge in [-0.15, -0.1) is 0 Å². The average Bonchev–Trinajstić information content (AvgIpc) is 3.26. The van der Waals surface area contributed by atoms with Crippen LogP contribution in [0.25, 0.3) is 22.0 Å². The van der Waals surface area contributed by atoms with Crippen LogP contribution < -0.4 is 16.2 Å². The molecule has 0 radical (unpaired) electrons. The molecule has 0 unspecified atom stereocenters. The first-order valence-corrected chi connectivity index (χ1v) is 13.4. The summed E-state index contributed by atoms with van der Waals surface area (Å²) in [6, 6.07) is 21.2. The average molecular weight is 529 g/mol. The predicted octanol–water partition coefficient (Wildman–Crippen LogP) is 5.57. The molecule has 2 aliphatic rings. The summed E-state index contributed by atoms with van der Waals surface area (Å²) in [6.45, 7) is 3.67. The van der Waals surface area contributed by atoms with Crippen molar-refractivity contribution in [1.82, 2.24) is 20.2 Å². The molecule has 1 aromatic heterocycles. The summed E-state index contributed by atoms with van der Waals surface area (Å²) in [7, 11) is 0. The van der Waals surface area contributed by atoms with Crippen LogP contribution in [0.2, 0.25) is 5.02 Å². The molecule has 8 heteroatoms. The van der Waals surface area contributed by atoms with Gasteiger partial charge >= 0.3 is 6.09 Å². The molecule has 3 aromatic carbocycles. The molecule has 0 saturated carbocycles. The number of hydrogen-bond donors (Lipinski definition) is 2. The molecule has 4 aromatic rings. The molecule has 0 spiro atoms. The van der Waals surface area contributed by atoms with Gasteiger partial charge in [0.25, 0.3) is 5.56 Å². The molecule has 2 N–H and O–H groups in total. The molecular formula is C30H29ClN4O3. The smallest absolute Gasteiger partial charge is 0.407 e. The first kappa shape index (κ1) is 24.6. The lowest BCUT2D eigenvalue weighted by molar-refractivity contribution is 0.139. The van der Waals surface area contributed by atoms with E-state index < -0.39 is 12.1 Å². The molecule has 1 saturated heterocycles. The van der Waals surface area contributed by atoms with Crippen molar-refractivity contribution < 1.29 is 9.53 Å². The van der Waals surface area contributed by atoms with Crippen molar-refractivity contribution in [2.24, 2.45) is 0 Å². The summed E-state index contributed by atoms with van der Waals surface area (Å²) >= 11 is 6.41. The number of carbonyl (C=O) groups excluding carboxylic acids is 1. The van der Waals surface area contributed by atoms with Crippen LogP contribution in [0.3, 0.4) is 0 Å². The van der Waals surface area contributed by atoms with Crippen LogP contribution in [0.15, 0.2) is 71.5 Å². The number of aromatic nitrogens is 2. The number of hydrogen-bond acceptors (Lipinski definition) is 5. The van der Waals surface area contributed by atoms with Gasteiger partial charge in [-0.3, -0.25) is 9.36 Å². The SMILES string of the molecule is C[C@H](NC(=O)OCC1c2ccccc2-c2ccccc21)c1nc2cccc(Cl)c2c(=O)n1C1CCNCC1. The fraction of sp³-hybridized carbons (Fsp3) is 0.300. The van der Waals surface area contributed by atoms with Crippen molar-refractivity contribution in [2.75, 3.05) is 19.7 Å². The fourth-order valence-electron chi connectivity index (χ4n) is 5.82. The van der Waals surface area contributed by atoms with Crippen LogP contribution in [0.5, 0.6) is 0 Å². The molecule has 194 valence electrons. The number of nitrogens with zero attached hydrogens (tertiary/aromatic N) is 2. The minimum Gasteiger partial charge on any atom is -0.449 e. The largest absolute Gasteiger partial charge is 0.449 e. The van der Waals surface area contributed by atoms with E-state index in [0.717, 1.165) is 37.1 Å². The third-order valence-electron chi connectivity index (χ3n) is 7.65. The van der Waals surface area contributed by atoms with Crippen molar-refractivity contribution in [3.8, 4) is 11.1 Å². The molecule has 1 amide bonds.